The molecule has 7 heteroatoms. The van der Waals surface area contributed by atoms with Gasteiger partial charge in [0.05, 0.1) is 12.1 Å². The van der Waals surface area contributed by atoms with E-state index >= 15 is 0 Å². The summed E-state index contributed by atoms with van der Waals surface area (Å²) in [6, 6.07) is 14.4. The van der Waals surface area contributed by atoms with Crippen molar-refractivity contribution < 1.29 is 14.0 Å². The lowest BCUT2D eigenvalue weighted by atomic mass is 10.1. The van der Waals surface area contributed by atoms with Crippen LogP contribution in [-0.2, 0) is 11.3 Å². The van der Waals surface area contributed by atoms with Crippen LogP contribution in [0.5, 0.6) is 0 Å². The number of carbonyl (C=O) groups is 2. The number of nitrogens with zero attached hydrogens (tertiary/aromatic N) is 1. The Bertz CT molecular complexity index is 946. The van der Waals surface area contributed by atoms with Gasteiger partial charge in [0, 0.05) is 12.1 Å². The second-order valence-corrected chi connectivity index (χ2v) is 5.71. The van der Waals surface area contributed by atoms with Gasteiger partial charge in [-0.2, -0.15) is 0 Å². The van der Waals surface area contributed by atoms with E-state index in [0.717, 1.165) is 5.56 Å². The normalized spacial score (nSPS) is 10.7. The third-order valence-electron chi connectivity index (χ3n) is 3.52. The molecule has 0 spiro atoms. The van der Waals surface area contributed by atoms with Crippen molar-refractivity contribution in [3.05, 3.63) is 64.5 Å². The maximum Gasteiger partial charge on any atom is 0.266 e. The van der Waals surface area contributed by atoms with Crippen LogP contribution in [0.3, 0.4) is 0 Å². The number of hydrogen-bond acceptors (Lipinski definition) is 4. The molecular formula is C17H15N3O3S. The second kappa shape index (κ2) is 6.67. The second-order valence-electron chi connectivity index (χ2n) is 5.34. The van der Waals surface area contributed by atoms with Crippen LogP contribution in [0.25, 0.3) is 11.1 Å². The van der Waals surface area contributed by atoms with Gasteiger partial charge in [0.25, 0.3) is 10.7 Å². The molecule has 2 aromatic carbocycles. The van der Waals surface area contributed by atoms with Crippen molar-refractivity contribution in [3.63, 3.8) is 0 Å². The summed E-state index contributed by atoms with van der Waals surface area (Å²) < 4.78 is 5.33. The van der Waals surface area contributed by atoms with Gasteiger partial charge >= 0.3 is 0 Å². The van der Waals surface area contributed by atoms with Crippen molar-refractivity contribution in [3.8, 4) is 0 Å². The van der Waals surface area contributed by atoms with Crippen LogP contribution >= 0.6 is 12.2 Å². The highest BCUT2D eigenvalue weighted by Gasteiger charge is 2.19. The highest BCUT2D eigenvalue weighted by atomic mass is 32.1. The summed E-state index contributed by atoms with van der Waals surface area (Å²) in [6.07, 6.45) is 0. The molecule has 0 fully saturated rings. The lowest BCUT2D eigenvalue weighted by molar-refractivity contribution is -0.118. The van der Waals surface area contributed by atoms with Crippen molar-refractivity contribution in [1.29, 1.82) is 0 Å². The van der Waals surface area contributed by atoms with Crippen LogP contribution in [0.4, 0.5) is 0 Å². The SMILES string of the molecule is NC(=O)CN(Cc1ccccc1)C(=O)c1ccc2[nH]c(=S)oc2c1. The first-order valence-corrected chi connectivity index (χ1v) is 7.68. The molecule has 122 valence electrons. The van der Waals surface area contributed by atoms with Gasteiger partial charge in [0.15, 0.2) is 5.58 Å². The molecule has 0 radical (unpaired) electrons. The minimum atomic E-state index is -0.570. The number of aromatic nitrogens is 1. The zero-order chi connectivity index (χ0) is 17.1. The average Bonchev–Trinajstić information content (AvgIpc) is 2.93. The number of rotatable bonds is 5. The molecule has 3 N–H and O–H groups in total. The van der Waals surface area contributed by atoms with E-state index in [1.54, 1.807) is 18.2 Å². The highest BCUT2D eigenvalue weighted by Crippen LogP contribution is 2.17. The van der Waals surface area contributed by atoms with Crippen LogP contribution in [0, 0.1) is 4.84 Å². The standard InChI is InChI=1S/C17H15N3O3S/c18-15(21)10-20(9-11-4-2-1-3-5-11)16(22)12-6-7-13-14(8-12)23-17(24)19-13/h1-8H,9-10H2,(H2,18,21)(H,19,24). The summed E-state index contributed by atoms with van der Waals surface area (Å²) in [5, 5.41) is 0. The summed E-state index contributed by atoms with van der Waals surface area (Å²) in [5.74, 6) is -0.874. The molecule has 24 heavy (non-hydrogen) atoms. The van der Waals surface area contributed by atoms with E-state index in [4.69, 9.17) is 22.4 Å². The number of amides is 2. The molecule has 0 saturated heterocycles. The summed E-state index contributed by atoms with van der Waals surface area (Å²) in [7, 11) is 0. The smallest absolute Gasteiger partial charge is 0.266 e. The Morgan fingerprint density at radius 2 is 1.92 bits per heavy atom. The maximum atomic E-state index is 12.8. The van der Waals surface area contributed by atoms with Crippen LogP contribution in [0.2, 0.25) is 0 Å². The fraction of sp³-hybridized carbons (Fsp3) is 0.118. The lowest BCUT2D eigenvalue weighted by Crippen LogP contribution is -2.38. The number of primary amides is 1. The lowest BCUT2D eigenvalue weighted by Gasteiger charge is -2.21. The Balaban J connectivity index is 1.91. The molecule has 2 amide bonds. The fourth-order valence-electron chi connectivity index (χ4n) is 2.45. The predicted octanol–water partition coefficient (Wildman–Crippen LogP) is 2.62. The van der Waals surface area contributed by atoms with Gasteiger partial charge < -0.3 is 20.0 Å². The number of aromatic amines is 1. The first kappa shape index (κ1) is 15.9. The largest absolute Gasteiger partial charge is 0.429 e. The molecular weight excluding hydrogens is 326 g/mol. The molecule has 0 aliphatic heterocycles. The number of benzene rings is 2. The van der Waals surface area contributed by atoms with Gasteiger partial charge in [-0.15, -0.1) is 0 Å². The third kappa shape index (κ3) is 3.52. The summed E-state index contributed by atoms with van der Waals surface area (Å²) in [5.41, 5.74) is 7.80. The average molecular weight is 341 g/mol. The Morgan fingerprint density at radius 1 is 1.17 bits per heavy atom. The molecule has 0 atom stereocenters. The zero-order valence-corrected chi connectivity index (χ0v) is 13.5. The van der Waals surface area contributed by atoms with E-state index < -0.39 is 5.91 Å². The first-order valence-electron chi connectivity index (χ1n) is 7.27. The molecule has 0 unspecified atom stereocenters. The molecule has 3 rings (SSSR count). The molecule has 6 nitrogen and oxygen atoms in total. The van der Waals surface area contributed by atoms with Crippen LogP contribution in [-0.4, -0.2) is 28.2 Å². The molecule has 0 aliphatic carbocycles. The predicted molar refractivity (Wildman–Crippen MR) is 91.8 cm³/mol. The summed E-state index contributed by atoms with van der Waals surface area (Å²) in [4.78, 5) is 28.6. The number of carbonyl (C=O) groups excluding carboxylic acids is 2. The molecule has 1 heterocycles. The Morgan fingerprint density at radius 3 is 2.62 bits per heavy atom. The van der Waals surface area contributed by atoms with Crippen LogP contribution in [0.15, 0.2) is 52.9 Å². The van der Waals surface area contributed by atoms with E-state index in [9.17, 15) is 9.59 Å². The van der Waals surface area contributed by atoms with Crippen LogP contribution < -0.4 is 5.73 Å². The third-order valence-corrected chi connectivity index (χ3v) is 3.70. The highest BCUT2D eigenvalue weighted by molar-refractivity contribution is 7.71. The van der Waals surface area contributed by atoms with Gasteiger partial charge in [-0.3, -0.25) is 9.59 Å². The van der Waals surface area contributed by atoms with Gasteiger partial charge in [0.1, 0.15) is 0 Å². The Labute approximate surface area is 142 Å². The van der Waals surface area contributed by atoms with Gasteiger partial charge in [0.2, 0.25) is 5.91 Å². The topological polar surface area (TPSA) is 92.3 Å². The number of nitrogens with one attached hydrogen (secondary N) is 1. The van der Waals surface area contributed by atoms with Crippen molar-refractivity contribution in [2.45, 2.75) is 6.54 Å². The molecule has 0 saturated carbocycles. The minimum absolute atomic E-state index is 0.164. The fourth-order valence-corrected chi connectivity index (χ4v) is 2.65. The maximum absolute atomic E-state index is 12.8. The van der Waals surface area contributed by atoms with Crippen LogP contribution in [0.1, 0.15) is 15.9 Å². The van der Waals surface area contributed by atoms with Gasteiger partial charge in [-0.25, -0.2) is 0 Å². The number of fused-ring (bicyclic) bond motifs is 1. The number of oxazole rings is 1. The van der Waals surface area contributed by atoms with Crippen molar-refractivity contribution in [1.82, 2.24) is 9.88 Å². The molecule has 1 aromatic heterocycles. The summed E-state index contributed by atoms with van der Waals surface area (Å²) >= 11 is 4.94. The zero-order valence-electron chi connectivity index (χ0n) is 12.7. The van der Waals surface area contributed by atoms with Gasteiger partial charge in [-0.1, -0.05) is 30.3 Å². The number of hydrogen-bond donors (Lipinski definition) is 2. The molecule has 3 aromatic rings. The minimum Gasteiger partial charge on any atom is -0.429 e. The van der Waals surface area contributed by atoms with E-state index in [2.05, 4.69) is 4.98 Å². The summed E-state index contributed by atoms with van der Waals surface area (Å²) in [6.45, 7) is 0.125. The van der Waals surface area contributed by atoms with E-state index in [1.807, 2.05) is 30.3 Å². The van der Waals surface area contributed by atoms with E-state index in [-0.39, 0.29) is 23.8 Å². The van der Waals surface area contributed by atoms with Crippen molar-refractivity contribution >= 4 is 35.1 Å². The van der Waals surface area contributed by atoms with Crippen molar-refractivity contribution in [2.75, 3.05) is 6.54 Å². The van der Waals surface area contributed by atoms with Gasteiger partial charge in [-0.05, 0) is 36.0 Å². The quantitative estimate of drug-likeness (QED) is 0.698. The van der Waals surface area contributed by atoms with E-state index in [1.165, 1.54) is 4.90 Å². The number of nitrogens with two attached hydrogens (primary N) is 1. The van der Waals surface area contributed by atoms with Crippen molar-refractivity contribution in [2.24, 2.45) is 5.73 Å². The Hall–Kier alpha value is -2.93. The molecule has 0 aliphatic rings. The Kier molecular flexibility index (Phi) is 4.43. The monoisotopic (exact) mass is 341 g/mol. The first-order chi connectivity index (χ1) is 11.5. The van der Waals surface area contributed by atoms with E-state index in [0.29, 0.717) is 16.7 Å². The molecule has 0 bridgehead atoms. The number of H-pyrrole nitrogens is 1.